The minimum Gasteiger partial charge on any atom is -0.497 e. The molecule has 0 aliphatic heterocycles. The molecule has 9 heteroatoms. The molecule has 0 fully saturated rings. The first kappa shape index (κ1) is 21.7. The first-order valence-electron chi connectivity index (χ1n) is 9.07. The van der Waals surface area contributed by atoms with E-state index >= 15 is 0 Å². The molecule has 3 rings (SSSR count). The highest BCUT2D eigenvalue weighted by molar-refractivity contribution is 5.95. The monoisotopic (exact) mass is 428 g/mol. The molecule has 0 amide bonds. The molecule has 0 N–H and O–H groups in total. The lowest BCUT2D eigenvalue weighted by atomic mass is 10.1. The summed E-state index contributed by atoms with van der Waals surface area (Å²) in [6.45, 7) is 2.37. The average Bonchev–Trinajstić information content (AvgIpc) is 2.72. The van der Waals surface area contributed by atoms with Crippen LogP contribution < -0.4 is 29.1 Å². The Hall–Kier alpha value is -4.01. The Kier molecular flexibility index (Phi) is 6.15. The topological polar surface area (TPSA) is 110 Å². The summed E-state index contributed by atoms with van der Waals surface area (Å²) in [5.41, 5.74) is -0.154. The molecule has 0 saturated carbocycles. The molecule has 0 atom stereocenters. The van der Waals surface area contributed by atoms with Crippen molar-refractivity contribution in [1.29, 1.82) is 0 Å². The van der Waals surface area contributed by atoms with E-state index in [1.54, 1.807) is 24.3 Å². The summed E-state index contributed by atoms with van der Waals surface area (Å²) >= 11 is 0. The van der Waals surface area contributed by atoms with Crippen LogP contribution in [-0.2, 0) is 9.59 Å². The van der Waals surface area contributed by atoms with E-state index < -0.39 is 17.4 Å². The lowest BCUT2D eigenvalue weighted by Crippen LogP contribution is -2.13. The van der Waals surface area contributed by atoms with Crippen molar-refractivity contribution in [1.82, 2.24) is 0 Å². The molecule has 0 spiro atoms. The third-order valence-corrected chi connectivity index (χ3v) is 4.28. The molecule has 162 valence electrons. The van der Waals surface area contributed by atoms with Gasteiger partial charge in [-0.3, -0.25) is 14.4 Å². The number of methoxy groups -OCH3 is 3. The highest BCUT2D eigenvalue weighted by Gasteiger charge is 2.26. The Morgan fingerprint density at radius 2 is 1.39 bits per heavy atom. The van der Waals surface area contributed by atoms with E-state index in [9.17, 15) is 14.4 Å². The Balaban J connectivity index is 2.43. The lowest BCUT2D eigenvalue weighted by Gasteiger charge is -2.16. The van der Waals surface area contributed by atoms with Crippen molar-refractivity contribution in [3.8, 4) is 40.1 Å². The van der Waals surface area contributed by atoms with Crippen molar-refractivity contribution in [2.75, 3.05) is 21.3 Å². The van der Waals surface area contributed by atoms with Crippen LogP contribution >= 0.6 is 0 Å². The SMILES string of the molecule is COc1ccc(-c2oc3c(OC)c(OC(C)=O)cc(OC(C)=O)c3c(=O)c2OC)cc1. The van der Waals surface area contributed by atoms with E-state index in [0.717, 1.165) is 0 Å². The normalized spacial score (nSPS) is 10.5. The summed E-state index contributed by atoms with van der Waals surface area (Å²) in [7, 11) is 4.18. The Labute approximate surface area is 177 Å². The average molecular weight is 428 g/mol. The number of ether oxygens (including phenoxy) is 5. The Bertz CT molecular complexity index is 1210. The first-order chi connectivity index (χ1) is 14.8. The van der Waals surface area contributed by atoms with Gasteiger partial charge in [-0.1, -0.05) is 0 Å². The molecule has 1 heterocycles. The summed E-state index contributed by atoms with van der Waals surface area (Å²) in [4.78, 5) is 36.5. The largest absolute Gasteiger partial charge is 0.497 e. The summed E-state index contributed by atoms with van der Waals surface area (Å²) in [6.07, 6.45) is 0. The maximum Gasteiger partial charge on any atom is 0.308 e. The number of benzene rings is 2. The van der Waals surface area contributed by atoms with Crippen LogP contribution in [0.4, 0.5) is 0 Å². The predicted octanol–water partition coefficient (Wildman–Crippen LogP) is 3.34. The molecule has 0 bridgehead atoms. The zero-order chi connectivity index (χ0) is 22.7. The van der Waals surface area contributed by atoms with Crippen molar-refractivity contribution in [3.63, 3.8) is 0 Å². The maximum atomic E-state index is 13.3. The highest BCUT2D eigenvalue weighted by Crippen LogP contribution is 2.44. The predicted molar refractivity (Wildman–Crippen MR) is 110 cm³/mol. The zero-order valence-electron chi connectivity index (χ0n) is 17.6. The van der Waals surface area contributed by atoms with Crippen LogP contribution in [-0.4, -0.2) is 33.3 Å². The third-order valence-electron chi connectivity index (χ3n) is 4.28. The van der Waals surface area contributed by atoms with E-state index in [1.807, 2.05) is 0 Å². The molecule has 0 saturated heterocycles. The van der Waals surface area contributed by atoms with Crippen molar-refractivity contribution in [2.45, 2.75) is 13.8 Å². The Morgan fingerprint density at radius 3 is 1.90 bits per heavy atom. The van der Waals surface area contributed by atoms with Gasteiger partial charge in [0.15, 0.2) is 17.1 Å². The molecule has 0 aliphatic rings. The van der Waals surface area contributed by atoms with Gasteiger partial charge in [-0.25, -0.2) is 0 Å². The number of esters is 2. The molecule has 9 nitrogen and oxygen atoms in total. The second-order valence-electron chi connectivity index (χ2n) is 6.32. The maximum absolute atomic E-state index is 13.3. The van der Waals surface area contributed by atoms with Gasteiger partial charge in [0.25, 0.3) is 0 Å². The van der Waals surface area contributed by atoms with Gasteiger partial charge in [0.05, 0.1) is 21.3 Å². The molecular formula is C22H20O9. The molecular weight excluding hydrogens is 408 g/mol. The van der Waals surface area contributed by atoms with E-state index in [0.29, 0.717) is 11.3 Å². The van der Waals surface area contributed by atoms with Crippen LogP contribution in [0, 0.1) is 0 Å². The number of rotatable bonds is 6. The van der Waals surface area contributed by atoms with E-state index in [1.165, 1.54) is 41.2 Å². The summed E-state index contributed by atoms with van der Waals surface area (Å²) in [6, 6.07) is 7.96. The lowest BCUT2D eigenvalue weighted by molar-refractivity contribution is -0.132. The minimum atomic E-state index is -0.683. The van der Waals surface area contributed by atoms with Crippen LogP contribution in [0.1, 0.15) is 13.8 Å². The van der Waals surface area contributed by atoms with Gasteiger partial charge in [0, 0.05) is 25.5 Å². The molecule has 0 radical (unpaired) electrons. The first-order valence-corrected chi connectivity index (χ1v) is 9.07. The van der Waals surface area contributed by atoms with Gasteiger partial charge >= 0.3 is 11.9 Å². The molecule has 1 aromatic heterocycles. The number of hydrogen-bond donors (Lipinski definition) is 0. The molecule has 0 aliphatic carbocycles. The van der Waals surface area contributed by atoms with Gasteiger partial charge in [0.2, 0.25) is 16.9 Å². The summed E-state index contributed by atoms with van der Waals surface area (Å²) < 4.78 is 32.2. The number of hydrogen-bond acceptors (Lipinski definition) is 9. The molecule has 3 aromatic rings. The number of carbonyl (C=O) groups excluding carboxylic acids is 2. The zero-order valence-corrected chi connectivity index (χ0v) is 17.6. The van der Waals surface area contributed by atoms with Gasteiger partial charge < -0.3 is 28.1 Å². The van der Waals surface area contributed by atoms with Crippen LogP contribution in [0.25, 0.3) is 22.3 Å². The summed E-state index contributed by atoms with van der Waals surface area (Å²) in [5, 5.41) is -0.0999. The van der Waals surface area contributed by atoms with Gasteiger partial charge in [-0.05, 0) is 24.3 Å². The van der Waals surface area contributed by atoms with Crippen molar-refractivity contribution >= 4 is 22.9 Å². The minimum absolute atomic E-state index is 0.0179. The standard InChI is InChI=1S/C22H20O9/c1-11(23)29-15-10-16(30-12(2)24)20(27-4)21-17(15)18(25)22(28-5)19(31-21)13-6-8-14(26-3)9-7-13/h6-10H,1-5H3. The molecule has 0 unspecified atom stereocenters. The Morgan fingerprint density at radius 1 is 0.806 bits per heavy atom. The van der Waals surface area contributed by atoms with E-state index in [2.05, 4.69) is 0 Å². The summed E-state index contributed by atoms with van der Waals surface area (Å²) in [5.74, 6) is -0.965. The van der Waals surface area contributed by atoms with Gasteiger partial charge in [-0.2, -0.15) is 0 Å². The quantitative estimate of drug-likeness (QED) is 0.431. The fourth-order valence-electron chi connectivity index (χ4n) is 3.05. The molecule has 2 aromatic carbocycles. The van der Waals surface area contributed by atoms with E-state index in [-0.39, 0.29) is 39.7 Å². The third kappa shape index (κ3) is 4.16. The van der Waals surface area contributed by atoms with Crippen LogP contribution in [0.2, 0.25) is 0 Å². The van der Waals surface area contributed by atoms with Crippen LogP contribution in [0.5, 0.6) is 28.7 Å². The molecule has 31 heavy (non-hydrogen) atoms. The number of fused-ring (bicyclic) bond motifs is 1. The van der Waals surface area contributed by atoms with Crippen molar-refractivity contribution in [2.24, 2.45) is 0 Å². The smallest absolute Gasteiger partial charge is 0.308 e. The van der Waals surface area contributed by atoms with Crippen molar-refractivity contribution in [3.05, 3.63) is 40.6 Å². The van der Waals surface area contributed by atoms with Gasteiger partial charge in [-0.15, -0.1) is 0 Å². The fraction of sp³-hybridized carbons (Fsp3) is 0.227. The van der Waals surface area contributed by atoms with Crippen LogP contribution in [0.15, 0.2) is 39.5 Å². The van der Waals surface area contributed by atoms with E-state index in [4.69, 9.17) is 28.1 Å². The van der Waals surface area contributed by atoms with Crippen LogP contribution in [0.3, 0.4) is 0 Å². The second kappa shape index (κ2) is 8.78. The van der Waals surface area contributed by atoms with Crippen molar-refractivity contribution < 1.29 is 37.7 Å². The van der Waals surface area contributed by atoms with Gasteiger partial charge in [0.1, 0.15) is 16.9 Å². The fourth-order valence-corrected chi connectivity index (χ4v) is 3.05. The number of carbonyl (C=O) groups is 2. The second-order valence-corrected chi connectivity index (χ2v) is 6.32. The highest BCUT2D eigenvalue weighted by atomic mass is 16.6.